The highest BCUT2D eigenvalue weighted by atomic mass is 16.3. The van der Waals surface area contributed by atoms with Crippen LogP contribution in [0, 0.1) is 39.9 Å². The molecule has 0 amide bonds. The van der Waals surface area contributed by atoms with Gasteiger partial charge in [0.15, 0.2) is 0 Å². The van der Waals surface area contributed by atoms with Crippen molar-refractivity contribution >= 4 is 0 Å². The van der Waals surface area contributed by atoms with E-state index < -0.39 is 17.8 Å². The van der Waals surface area contributed by atoms with E-state index in [2.05, 4.69) is 46.8 Å². The highest BCUT2D eigenvalue weighted by Gasteiger charge is 2.59. The molecule has 0 saturated heterocycles. The molecule has 0 aromatic heterocycles. The van der Waals surface area contributed by atoms with E-state index in [0.29, 0.717) is 36.0 Å². The van der Waals surface area contributed by atoms with Gasteiger partial charge in [0.1, 0.15) is 0 Å². The van der Waals surface area contributed by atoms with Gasteiger partial charge in [-0.15, -0.1) is 0 Å². The van der Waals surface area contributed by atoms with Crippen LogP contribution in [0.5, 0.6) is 0 Å². The molecule has 0 aliphatic heterocycles. The van der Waals surface area contributed by atoms with Gasteiger partial charge >= 0.3 is 0 Å². The van der Waals surface area contributed by atoms with E-state index in [1.54, 1.807) is 5.57 Å². The highest BCUT2D eigenvalue weighted by molar-refractivity contribution is 5.40. The SMILES string of the molecule is CC[C@@](C)(CC[C@@H](C)C1CC[C@H]2C3=CC=C4C[C@@H](O)C[C@H](O)[C@]4(C)[C@H]3CC[C@]12C)C(C)(C)O. The van der Waals surface area contributed by atoms with E-state index in [-0.39, 0.29) is 10.8 Å². The molecule has 9 atom stereocenters. The molecule has 0 bridgehead atoms. The maximum Gasteiger partial charge on any atom is 0.0661 e. The van der Waals surface area contributed by atoms with Gasteiger partial charge in [0.05, 0.1) is 17.8 Å². The first kappa shape index (κ1) is 25.5. The van der Waals surface area contributed by atoms with Gasteiger partial charge in [-0.2, -0.15) is 0 Å². The summed E-state index contributed by atoms with van der Waals surface area (Å²) in [5.41, 5.74) is 2.29. The average Bonchev–Trinajstić information content (AvgIpc) is 3.09. The van der Waals surface area contributed by atoms with Gasteiger partial charge in [0.2, 0.25) is 0 Å². The van der Waals surface area contributed by atoms with Crippen molar-refractivity contribution in [2.75, 3.05) is 0 Å². The Kier molecular flexibility index (Phi) is 6.55. The molecule has 33 heavy (non-hydrogen) atoms. The Morgan fingerprint density at radius 3 is 2.39 bits per heavy atom. The molecule has 3 fully saturated rings. The monoisotopic (exact) mass is 458 g/mol. The first-order valence-electron chi connectivity index (χ1n) is 13.8. The van der Waals surface area contributed by atoms with Crippen LogP contribution in [0.2, 0.25) is 0 Å². The highest BCUT2D eigenvalue weighted by Crippen LogP contribution is 2.66. The van der Waals surface area contributed by atoms with Gasteiger partial charge in [-0.1, -0.05) is 57.9 Å². The third kappa shape index (κ3) is 3.89. The maximum atomic E-state index is 11.1. The summed E-state index contributed by atoms with van der Waals surface area (Å²) in [5, 5.41) is 32.1. The molecule has 3 saturated carbocycles. The number of hydrogen-bond donors (Lipinski definition) is 3. The zero-order valence-corrected chi connectivity index (χ0v) is 22.3. The van der Waals surface area contributed by atoms with Gasteiger partial charge in [-0.05, 0) is 99.7 Å². The van der Waals surface area contributed by atoms with Gasteiger partial charge in [0.25, 0.3) is 0 Å². The summed E-state index contributed by atoms with van der Waals surface area (Å²) in [4.78, 5) is 0. The van der Waals surface area contributed by atoms with Crippen LogP contribution in [0.25, 0.3) is 0 Å². The van der Waals surface area contributed by atoms with Crippen LogP contribution in [0.1, 0.15) is 106 Å². The summed E-state index contributed by atoms with van der Waals surface area (Å²) in [6.45, 7) is 15.7. The number of aliphatic hydroxyl groups excluding tert-OH is 2. The summed E-state index contributed by atoms with van der Waals surface area (Å²) in [6.07, 6.45) is 13.2. The zero-order valence-electron chi connectivity index (χ0n) is 22.3. The lowest BCUT2D eigenvalue weighted by atomic mass is 9.49. The predicted molar refractivity (Wildman–Crippen MR) is 136 cm³/mol. The third-order valence-corrected chi connectivity index (χ3v) is 11.8. The molecule has 1 unspecified atom stereocenters. The standard InChI is InChI=1S/C30H50O3/c1-8-28(5,27(3,4)33)15-13-19(2)23-11-12-24-22-10-9-20-17-21(31)18-26(32)30(20,7)25(22)14-16-29(23,24)6/h9-10,19,21,23-26,31-33H,8,11-18H2,1-7H3/t19-,21-,23?,24+,25+,26+,28+,29-,30+/m1/s1. The van der Waals surface area contributed by atoms with Gasteiger partial charge in [-0.25, -0.2) is 0 Å². The average molecular weight is 459 g/mol. The van der Waals surface area contributed by atoms with Crippen molar-refractivity contribution in [3.05, 3.63) is 23.3 Å². The van der Waals surface area contributed by atoms with Crippen molar-refractivity contribution in [2.24, 2.45) is 39.9 Å². The largest absolute Gasteiger partial charge is 0.393 e. The van der Waals surface area contributed by atoms with Crippen LogP contribution in [-0.2, 0) is 0 Å². The van der Waals surface area contributed by atoms with E-state index in [9.17, 15) is 15.3 Å². The summed E-state index contributed by atoms with van der Waals surface area (Å²) in [5.74, 6) is 2.42. The van der Waals surface area contributed by atoms with Crippen molar-refractivity contribution in [1.82, 2.24) is 0 Å². The second-order valence-electron chi connectivity index (χ2n) is 13.6. The van der Waals surface area contributed by atoms with Crippen LogP contribution >= 0.6 is 0 Å². The van der Waals surface area contributed by atoms with Gasteiger partial charge < -0.3 is 15.3 Å². The third-order valence-electron chi connectivity index (χ3n) is 11.8. The van der Waals surface area contributed by atoms with Crippen molar-refractivity contribution < 1.29 is 15.3 Å². The molecule has 4 rings (SSSR count). The fourth-order valence-electron chi connectivity index (χ4n) is 8.69. The van der Waals surface area contributed by atoms with Crippen LogP contribution in [0.15, 0.2) is 23.3 Å². The molecule has 3 nitrogen and oxygen atoms in total. The molecule has 4 aliphatic carbocycles. The Labute approximate surface area is 202 Å². The Morgan fingerprint density at radius 1 is 1.06 bits per heavy atom. The molecular formula is C30H50O3. The predicted octanol–water partition coefficient (Wildman–Crippen LogP) is 6.42. The quantitative estimate of drug-likeness (QED) is 0.430. The molecule has 3 N–H and O–H groups in total. The molecule has 0 heterocycles. The minimum absolute atomic E-state index is 0.0405. The van der Waals surface area contributed by atoms with E-state index in [0.717, 1.165) is 25.2 Å². The minimum Gasteiger partial charge on any atom is -0.393 e. The lowest BCUT2D eigenvalue weighted by Gasteiger charge is -2.56. The fourth-order valence-corrected chi connectivity index (χ4v) is 8.69. The fraction of sp³-hybridized carbons (Fsp3) is 0.867. The number of fused-ring (bicyclic) bond motifs is 5. The van der Waals surface area contributed by atoms with E-state index in [1.165, 1.54) is 31.3 Å². The Morgan fingerprint density at radius 2 is 1.76 bits per heavy atom. The first-order valence-corrected chi connectivity index (χ1v) is 13.8. The van der Waals surface area contributed by atoms with Crippen LogP contribution in [0.3, 0.4) is 0 Å². The topological polar surface area (TPSA) is 60.7 Å². The van der Waals surface area contributed by atoms with Gasteiger partial charge in [0, 0.05) is 11.8 Å². The van der Waals surface area contributed by atoms with E-state index in [1.807, 2.05) is 13.8 Å². The van der Waals surface area contributed by atoms with E-state index in [4.69, 9.17) is 0 Å². The molecule has 3 heteroatoms. The number of allylic oxidation sites excluding steroid dienone is 3. The second-order valence-corrected chi connectivity index (χ2v) is 13.6. The molecular weight excluding hydrogens is 408 g/mol. The smallest absolute Gasteiger partial charge is 0.0661 e. The maximum absolute atomic E-state index is 11.1. The second kappa shape index (κ2) is 8.49. The number of hydrogen-bond acceptors (Lipinski definition) is 3. The summed E-state index contributed by atoms with van der Waals surface area (Å²) in [6, 6.07) is 0. The molecule has 0 aromatic carbocycles. The van der Waals surface area contributed by atoms with E-state index >= 15 is 0 Å². The van der Waals surface area contributed by atoms with Crippen LogP contribution < -0.4 is 0 Å². The summed E-state index contributed by atoms with van der Waals surface area (Å²) < 4.78 is 0. The Balaban J connectivity index is 1.54. The first-order chi connectivity index (χ1) is 15.3. The van der Waals surface area contributed by atoms with Crippen molar-refractivity contribution in [3.63, 3.8) is 0 Å². The number of rotatable bonds is 6. The van der Waals surface area contributed by atoms with Crippen molar-refractivity contribution in [3.8, 4) is 0 Å². The molecule has 0 radical (unpaired) electrons. The Hall–Kier alpha value is -0.640. The lowest BCUT2D eigenvalue weighted by Crippen LogP contribution is -2.52. The molecule has 0 spiro atoms. The summed E-state index contributed by atoms with van der Waals surface area (Å²) >= 11 is 0. The normalized spacial score (nSPS) is 43.5. The summed E-state index contributed by atoms with van der Waals surface area (Å²) in [7, 11) is 0. The number of aliphatic hydroxyl groups is 3. The van der Waals surface area contributed by atoms with Crippen molar-refractivity contribution in [1.29, 1.82) is 0 Å². The van der Waals surface area contributed by atoms with Gasteiger partial charge in [-0.3, -0.25) is 0 Å². The molecule has 188 valence electrons. The van der Waals surface area contributed by atoms with Crippen molar-refractivity contribution in [2.45, 2.75) is 124 Å². The zero-order chi connectivity index (χ0) is 24.4. The lowest BCUT2D eigenvalue weighted by molar-refractivity contribution is -0.0615. The minimum atomic E-state index is -0.650. The Bertz CT molecular complexity index is 806. The van der Waals surface area contributed by atoms with Crippen LogP contribution in [-0.4, -0.2) is 33.1 Å². The molecule has 4 aliphatic rings. The molecule has 0 aromatic rings. The van der Waals surface area contributed by atoms with Crippen LogP contribution in [0.4, 0.5) is 0 Å².